The molecule has 1 aromatic rings. The molecular formula is C11H12Br2O2. The van der Waals surface area contributed by atoms with Crippen molar-refractivity contribution in [3.05, 3.63) is 27.1 Å². The van der Waals surface area contributed by atoms with Gasteiger partial charge in [-0.3, -0.25) is 4.79 Å². The predicted molar refractivity (Wildman–Crippen MR) is 66.9 cm³/mol. The molecule has 1 aromatic carbocycles. The minimum absolute atomic E-state index is 0.255. The number of hydrogen-bond acceptors (Lipinski definition) is 2. The number of rotatable bonds is 1. The van der Waals surface area contributed by atoms with Crippen LogP contribution in [0.25, 0.3) is 0 Å². The van der Waals surface area contributed by atoms with Crippen LogP contribution in [0.5, 0.6) is 5.75 Å². The SMILES string of the molecule is CC(C)(C)C(=O)Oc1c(Br)cccc1Br. The molecule has 0 heterocycles. The molecule has 2 nitrogen and oxygen atoms in total. The lowest BCUT2D eigenvalue weighted by Crippen LogP contribution is -2.25. The van der Waals surface area contributed by atoms with Crippen molar-refractivity contribution in [1.82, 2.24) is 0 Å². The Hall–Kier alpha value is -0.350. The van der Waals surface area contributed by atoms with Gasteiger partial charge in [-0.25, -0.2) is 0 Å². The molecule has 4 heteroatoms. The summed E-state index contributed by atoms with van der Waals surface area (Å²) in [7, 11) is 0. The average Bonchev–Trinajstić information content (AvgIpc) is 2.09. The molecule has 15 heavy (non-hydrogen) atoms. The first-order valence-corrected chi connectivity index (χ1v) is 6.07. The summed E-state index contributed by atoms with van der Waals surface area (Å²) in [6, 6.07) is 5.52. The Balaban J connectivity index is 2.95. The van der Waals surface area contributed by atoms with E-state index >= 15 is 0 Å². The van der Waals surface area contributed by atoms with Gasteiger partial charge in [-0.2, -0.15) is 0 Å². The zero-order valence-corrected chi connectivity index (χ0v) is 12.0. The first-order chi connectivity index (χ1) is 6.82. The second-order valence-electron chi connectivity index (χ2n) is 4.19. The lowest BCUT2D eigenvalue weighted by molar-refractivity contribution is -0.143. The average molecular weight is 336 g/mol. The van der Waals surface area contributed by atoms with Gasteiger partial charge in [-0.1, -0.05) is 6.07 Å². The summed E-state index contributed by atoms with van der Waals surface area (Å²) in [5.41, 5.74) is -0.505. The molecule has 0 fully saturated rings. The molecule has 0 N–H and O–H groups in total. The first-order valence-electron chi connectivity index (χ1n) is 4.48. The lowest BCUT2D eigenvalue weighted by Gasteiger charge is -2.17. The Morgan fingerprint density at radius 2 is 1.67 bits per heavy atom. The van der Waals surface area contributed by atoms with Crippen molar-refractivity contribution in [3.8, 4) is 5.75 Å². The van der Waals surface area contributed by atoms with Gasteiger partial charge in [0.25, 0.3) is 0 Å². The van der Waals surface area contributed by atoms with Crippen molar-refractivity contribution in [3.63, 3.8) is 0 Å². The molecule has 0 unspecified atom stereocenters. The standard InChI is InChI=1S/C11H12Br2O2/c1-11(2,3)10(14)15-9-7(12)5-4-6-8(9)13/h4-6H,1-3H3. The number of ether oxygens (including phenoxy) is 1. The van der Waals surface area contributed by atoms with Crippen LogP contribution in [0.4, 0.5) is 0 Å². The van der Waals surface area contributed by atoms with Crippen LogP contribution >= 0.6 is 31.9 Å². The van der Waals surface area contributed by atoms with E-state index in [1.165, 1.54) is 0 Å². The quantitative estimate of drug-likeness (QED) is 0.569. The molecule has 0 radical (unpaired) electrons. The Labute approximate surface area is 106 Å². The van der Waals surface area contributed by atoms with Crippen LogP contribution in [-0.2, 0) is 4.79 Å². The number of carbonyl (C=O) groups is 1. The molecule has 0 aromatic heterocycles. The Kier molecular flexibility index (Phi) is 3.95. The molecule has 0 bridgehead atoms. The highest BCUT2D eigenvalue weighted by atomic mass is 79.9. The monoisotopic (exact) mass is 334 g/mol. The summed E-state index contributed by atoms with van der Waals surface area (Å²) < 4.78 is 6.83. The van der Waals surface area contributed by atoms with Gasteiger partial charge in [0, 0.05) is 0 Å². The summed E-state index contributed by atoms with van der Waals surface area (Å²) in [5.74, 6) is 0.271. The van der Waals surface area contributed by atoms with E-state index in [1.54, 1.807) is 0 Å². The molecule has 0 spiro atoms. The Morgan fingerprint density at radius 1 is 1.20 bits per heavy atom. The van der Waals surface area contributed by atoms with Gasteiger partial charge < -0.3 is 4.74 Å². The van der Waals surface area contributed by atoms with Gasteiger partial charge in [0.05, 0.1) is 14.4 Å². The second-order valence-corrected chi connectivity index (χ2v) is 5.90. The third-order valence-corrected chi connectivity index (χ3v) is 2.97. The van der Waals surface area contributed by atoms with Crippen molar-refractivity contribution in [2.75, 3.05) is 0 Å². The molecule has 0 saturated heterocycles. The normalized spacial score (nSPS) is 11.3. The molecule has 0 atom stereocenters. The number of hydrogen-bond donors (Lipinski definition) is 0. The van der Waals surface area contributed by atoms with Gasteiger partial charge in [-0.05, 0) is 64.8 Å². The predicted octanol–water partition coefficient (Wildman–Crippen LogP) is 4.16. The topological polar surface area (TPSA) is 26.3 Å². The maximum atomic E-state index is 11.7. The number of para-hydroxylation sites is 1. The van der Waals surface area contributed by atoms with Crippen molar-refractivity contribution in [2.24, 2.45) is 5.41 Å². The molecule has 0 saturated carbocycles. The van der Waals surface area contributed by atoms with Gasteiger partial charge in [0.15, 0.2) is 5.75 Å². The molecule has 0 aliphatic heterocycles. The summed E-state index contributed by atoms with van der Waals surface area (Å²) in [5, 5.41) is 0. The highest BCUT2D eigenvalue weighted by molar-refractivity contribution is 9.11. The molecular weight excluding hydrogens is 324 g/mol. The van der Waals surface area contributed by atoms with E-state index < -0.39 is 5.41 Å². The first kappa shape index (κ1) is 12.7. The van der Waals surface area contributed by atoms with E-state index in [2.05, 4.69) is 31.9 Å². The zero-order chi connectivity index (χ0) is 11.6. The van der Waals surface area contributed by atoms with Crippen LogP contribution < -0.4 is 4.74 Å². The smallest absolute Gasteiger partial charge is 0.316 e. The van der Waals surface area contributed by atoms with Crippen LogP contribution in [0.3, 0.4) is 0 Å². The van der Waals surface area contributed by atoms with Crippen LogP contribution in [0.1, 0.15) is 20.8 Å². The van der Waals surface area contributed by atoms with Crippen LogP contribution in [0.2, 0.25) is 0 Å². The zero-order valence-electron chi connectivity index (χ0n) is 8.80. The summed E-state index contributed by atoms with van der Waals surface area (Å²) in [6.07, 6.45) is 0. The number of benzene rings is 1. The minimum Gasteiger partial charge on any atom is -0.424 e. The fourth-order valence-corrected chi connectivity index (χ4v) is 1.99. The fraction of sp³-hybridized carbons (Fsp3) is 0.364. The van der Waals surface area contributed by atoms with Gasteiger partial charge >= 0.3 is 5.97 Å². The Morgan fingerprint density at radius 3 is 2.07 bits per heavy atom. The van der Waals surface area contributed by atoms with Crippen LogP contribution in [0.15, 0.2) is 27.1 Å². The molecule has 0 aliphatic carbocycles. The second kappa shape index (κ2) is 4.66. The lowest BCUT2D eigenvalue weighted by atomic mass is 9.97. The van der Waals surface area contributed by atoms with E-state index in [4.69, 9.17) is 4.74 Å². The molecule has 0 aliphatic rings. The van der Waals surface area contributed by atoms with Gasteiger partial charge in [0.1, 0.15) is 0 Å². The highest BCUT2D eigenvalue weighted by Gasteiger charge is 2.25. The maximum Gasteiger partial charge on any atom is 0.316 e. The highest BCUT2D eigenvalue weighted by Crippen LogP contribution is 2.34. The largest absolute Gasteiger partial charge is 0.424 e. The summed E-state index contributed by atoms with van der Waals surface area (Å²) in [4.78, 5) is 11.7. The number of esters is 1. The number of carbonyl (C=O) groups excluding carboxylic acids is 1. The van der Waals surface area contributed by atoms with E-state index in [-0.39, 0.29) is 5.97 Å². The van der Waals surface area contributed by atoms with Crippen LogP contribution in [-0.4, -0.2) is 5.97 Å². The van der Waals surface area contributed by atoms with Crippen molar-refractivity contribution < 1.29 is 9.53 Å². The van der Waals surface area contributed by atoms with Gasteiger partial charge in [0.2, 0.25) is 0 Å². The summed E-state index contributed by atoms with van der Waals surface area (Å²) in [6.45, 7) is 5.46. The van der Waals surface area contributed by atoms with Crippen molar-refractivity contribution >= 4 is 37.8 Å². The maximum absolute atomic E-state index is 11.7. The fourth-order valence-electron chi connectivity index (χ4n) is 0.826. The third-order valence-electron chi connectivity index (χ3n) is 1.73. The van der Waals surface area contributed by atoms with E-state index in [9.17, 15) is 4.79 Å². The van der Waals surface area contributed by atoms with E-state index in [0.717, 1.165) is 8.95 Å². The van der Waals surface area contributed by atoms with E-state index in [0.29, 0.717) is 5.75 Å². The van der Waals surface area contributed by atoms with E-state index in [1.807, 2.05) is 39.0 Å². The Bertz CT molecular complexity index is 360. The molecule has 1 rings (SSSR count). The molecule has 82 valence electrons. The summed E-state index contributed by atoms with van der Waals surface area (Å²) >= 11 is 6.67. The van der Waals surface area contributed by atoms with Crippen LogP contribution in [0, 0.1) is 5.41 Å². The third kappa shape index (κ3) is 3.31. The van der Waals surface area contributed by atoms with Crippen molar-refractivity contribution in [1.29, 1.82) is 0 Å². The van der Waals surface area contributed by atoms with Crippen molar-refractivity contribution in [2.45, 2.75) is 20.8 Å². The number of halogens is 2. The minimum atomic E-state index is -0.505. The molecule has 0 amide bonds. The van der Waals surface area contributed by atoms with Gasteiger partial charge in [-0.15, -0.1) is 0 Å².